The SMILES string of the molecule is Cc1cc(-c2ncc(CCl)s2)nc2ccccc12. The van der Waals surface area contributed by atoms with E-state index in [4.69, 9.17) is 11.6 Å². The van der Waals surface area contributed by atoms with E-state index >= 15 is 0 Å². The average Bonchev–Trinajstić information content (AvgIpc) is 2.87. The molecule has 0 saturated carbocycles. The Morgan fingerprint density at radius 2 is 2.11 bits per heavy atom. The van der Waals surface area contributed by atoms with Gasteiger partial charge in [-0.3, -0.25) is 0 Å². The minimum atomic E-state index is 0.504. The van der Waals surface area contributed by atoms with E-state index in [1.807, 2.05) is 24.4 Å². The Hall–Kier alpha value is -1.45. The van der Waals surface area contributed by atoms with Gasteiger partial charge in [0.25, 0.3) is 0 Å². The quantitative estimate of drug-likeness (QED) is 0.647. The summed E-state index contributed by atoms with van der Waals surface area (Å²) in [5.41, 5.74) is 3.15. The van der Waals surface area contributed by atoms with Crippen LogP contribution in [0.2, 0.25) is 0 Å². The van der Waals surface area contributed by atoms with Crippen LogP contribution in [0.1, 0.15) is 10.4 Å². The molecule has 3 rings (SSSR count). The van der Waals surface area contributed by atoms with Gasteiger partial charge in [-0.25, -0.2) is 9.97 Å². The molecule has 0 unspecified atom stereocenters. The molecule has 0 bridgehead atoms. The molecular weight excluding hydrogens is 264 g/mol. The fourth-order valence-corrected chi connectivity index (χ4v) is 2.90. The standard InChI is InChI=1S/C14H11ClN2S/c1-9-6-13(14-16-8-10(7-15)18-14)17-12-5-3-2-4-11(9)12/h2-6,8H,7H2,1H3. The van der Waals surface area contributed by atoms with Crippen LogP contribution in [0.15, 0.2) is 36.5 Å². The molecule has 0 amide bonds. The van der Waals surface area contributed by atoms with E-state index in [2.05, 4.69) is 29.0 Å². The third kappa shape index (κ3) is 2.00. The molecule has 0 aliphatic carbocycles. The Kier molecular flexibility index (Phi) is 3.02. The number of aryl methyl sites for hydroxylation is 1. The molecule has 0 saturated heterocycles. The van der Waals surface area contributed by atoms with Gasteiger partial charge in [-0.15, -0.1) is 22.9 Å². The number of fused-ring (bicyclic) bond motifs is 1. The van der Waals surface area contributed by atoms with E-state index in [0.717, 1.165) is 21.1 Å². The predicted octanol–water partition coefficient (Wildman–Crippen LogP) is 4.41. The molecule has 2 nitrogen and oxygen atoms in total. The summed E-state index contributed by atoms with van der Waals surface area (Å²) in [5, 5.41) is 2.12. The Bertz CT molecular complexity index is 706. The molecule has 2 aromatic heterocycles. The van der Waals surface area contributed by atoms with Crippen LogP contribution in [0.25, 0.3) is 21.6 Å². The molecule has 0 spiro atoms. The number of pyridine rings is 1. The maximum Gasteiger partial charge on any atom is 0.142 e. The van der Waals surface area contributed by atoms with Gasteiger partial charge >= 0.3 is 0 Å². The highest BCUT2D eigenvalue weighted by Gasteiger charge is 2.08. The molecule has 4 heteroatoms. The van der Waals surface area contributed by atoms with Gasteiger partial charge in [-0.05, 0) is 24.6 Å². The molecule has 0 radical (unpaired) electrons. The van der Waals surface area contributed by atoms with Crippen molar-refractivity contribution in [1.29, 1.82) is 0 Å². The maximum atomic E-state index is 5.80. The second kappa shape index (κ2) is 4.67. The van der Waals surface area contributed by atoms with Crippen molar-refractivity contribution in [3.8, 4) is 10.7 Å². The first kappa shape index (κ1) is 11.6. The minimum absolute atomic E-state index is 0.504. The minimum Gasteiger partial charge on any atom is -0.245 e. The van der Waals surface area contributed by atoms with Gasteiger partial charge in [-0.2, -0.15) is 0 Å². The van der Waals surface area contributed by atoms with Gasteiger partial charge in [0.2, 0.25) is 0 Å². The van der Waals surface area contributed by atoms with Gasteiger partial charge in [0.05, 0.1) is 17.1 Å². The largest absolute Gasteiger partial charge is 0.245 e. The van der Waals surface area contributed by atoms with Crippen molar-refractivity contribution >= 4 is 33.8 Å². The molecular formula is C14H11ClN2S. The van der Waals surface area contributed by atoms with E-state index in [1.54, 1.807) is 11.3 Å². The smallest absolute Gasteiger partial charge is 0.142 e. The summed E-state index contributed by atoms with van der Waals surface area (Å²) in [7, 11) is 0. The third-order valence-corrected chi connectivity index (χ3v) is 4.29. The third-order valence-electron chi connectivity index (χ3n) is 2.83. The number of benzene rings is 1. The van der Waals surface area contributed by atoms with Crippen LogP contribution in [0.3, 0.4) is 0 Å². The fourth-order valence-electron chi connectivity index (χ4n) is 1.95. The molecule has 1 aromatic carbocycles. The summed E-state index contributed by atoms with van der Waals surface area (Å²) in [5.74, 6) is 0.504. The number of alkyl halides is 1. The molecule has 2 heterocycles. The van der Waals surface area contributed by atoms with Crippen LogP contribution < -0.4 is 0 Å². The molecule has 0 fully saturated rings. The van der Waals surface area contributed by atoms with Crippen LogP contribution in [-0.2, 0) is 5.88 Å². The van der Waals surface area contributed by atoms with E-state index in [-0.39, 0.29) is 0 Å². The Morgan fingerprint density at radius 3 is 2.89 bits per heavy atom. The zero-order valence-electron chi connectivity index (χ0n) is 9.85. The number of halogens is 1. The summed E-state index contributed by atoms with van der Waals surface area (Å²) in [6, 6.07) is 10.2. The van der Waals surface area contributed by atoms with Crippen molar-refractivity contribution in [2.75, 3.05) is 0 Å². The second-order valence-corrected chi connectivity index (χ2v) is 5.49. The van der Waals surface area contributed by atoms with Gasteiger partial charge in [-0.1, -0.05) is 18.2 Å². The summed E-state index contributed by atoms with van der Waals surface area (Å²) < 4.78 is 0. The summed E-state index contributed by atoms with van der Waals surface area (Å²) in [6.45, 7) is 2.10. The monoisotopic (exact) mass is 274 g/mol. The van der Waals surface area contributed by atoms with Crippen molar-refractivity contribution in [2.24, 2.45) is 0 Å². The van der Waals surface area contributed by atoms with Gasteiger partial charge in [0.1, 0.15) is 5.01 Å². The second-order valence-electron chi connectivity index (χ2n) is 4.11. The number of para-hydroxylation sites is 1. The topological polar surface area (TPSA) is 25.8 Å². The van der Waals surface area contributed by atoms with Crippen molar-refractivity contribution < 1.29 is 0 Å². The van der Waals surface area contributed by atoms with Crippen LogP contribution in [0, 0.1) is 6.92 Å². The molecule has 0 aliphatic rings. The van der Waals surface area contributed by atoms with Crippen molar-refractivity contribution in [3.63, 3.8) is 0 Å². The summed E-state index contributed by atoms with van der Waals surface area (Å²) in [6.07, 6.45) is 1.82. The lowest BCUT2D eigenvalue weighted by Gasteiger charge is -2.03. The van der Waals surface area contributed by atoms with Crippen LogP contribution in [0.5, 0.6) is 0 Å². The highest BCUT2D eigenvalue weighted by atomic mass is 35.5. The molecule has 0 N–H and O–H groups in total. The molecule has 0 atom stereocenters. The highest BCUT2D eigenvalue weighted by molar-refractivity contribution is 7.15. The first-order chi connectivity index (χ1) is 8.78. The number of aromatic nitrogens is 2. The van der Waals surface area contributed by atoms with Crippen LogP contribution >= 0.6 is 22.9 Å². The molecule has 3 aromatic rings. The van der Waals surface area contributed by atoms with Crippen molar-refractivity contribution in [3.05, 3.63) is 47.0 Å². The average molecular weight is 275 g/mol. The first-order valence-electron chi connectivity index (χ1n) is 5.65. The van der Waals surface area contributed by atoms with Crippen molar-refractivity contribution in [2.45, 2.75) is 12.8 Å². The van der Waals surface area contributed by atoms with Gasteiger partial charge < -0.3 is 0 Å². The van der Waals surface area contributed by atoms with E-state index in [9.17, 15) is 0 Å². The van der Waals surface area contributed by atoms with E-state index in [0.29, 0.717) is 5.88 Å². The lowest BCUT2D eigenvalue weighted by molar-refractivity contribution is 1.30. The van der Waals surface area contributed by atoms with Crippen LogP contribution in [-0.4, -0.2) is 9.97 Å². The summed E-state index contributed by atoms with van der Waals surface area (Å²) in [4.78, 5) is 10.1. The number of thiazole rings is 1. The fraction of sp³-hybridized carbons (Fsp3) is 0.143. The normalized spacial score (nSPS) is 11.0. The Morgan fingerprint density at radius 1 is 1.28 bits per heavy atom. The number of hydrogen-bond acceptors (Lipinski definition) is 3. The van der Waals surface area contributed by atoms with Crippen LogP contribution in [0.4, 0.5) is 0 Å². The van der Waals surface area contributed by atoms with E-state index < -0.39 is 0 Å². The lowest BCUT2D eigenvalue weighted by atomic mass is 10.1. The molecule has 18 heavy (non-hydrogen) atoms. The van der Waals surface area contributed by atoms with Crippen molar-refractivity contribution in [1.82, 2.24) is 9.97 Å². The molecule has 90 valence electrons. The van der Waals surface area contributed by atoms with Gasteiger partial charge in [0.15, 0.2) is 0 Å². The number of rotatable bonds is 2. The van der Waals surface area contributed by atoms with Gasteiger partial charge in [0, 0.05) is 16.5 Å². The Labute approximate surface area is 114 Å². The maximum absolute atomic E-state index is 5.80. The predicted molar refractivity (Wildman–Crippen MR) is 77.1 cm³/mol. The number of hydrogen-bond donors (Lipinski definition) is 0. The highest BCUT2D eigenvalue weighted by Crippen LogP contribution is 2.28. The zero-order chi connectivity index (χ0) is 12.5. The zero-order valence-corrected chi connectivity index (χ0v) is 11.4. The van der Waals surface area contributed by atoms with E-state index in [1.165, 1.54) is 10.9 Å². The number of nitrogens with zero attached hydrogens (tertiary/aromatic N) is 2. The Balaban J connectivity index is 2.18. The first-order valence-corrected chi connectivity index (χ1v) is 7.00. The summed E-state index contributed by atoms with van der Waals surface area (Å²) >= 11 is 7.40. The molecule has 0 aliphatic heterocycles. The lowest BCUT2D eigenvalue weighted by Crippen LogP contribution is -1.87.